The van der Waals surface area contributed by atoms with E-state index in [-0.39, 0.29) is 37.0 Å². The van der Waals surface area contributed by atoms with Gasteiger partial charge in [-0.05, 0) is 29.8 Å². The van der Waals surface area contributed by atoms with Crippen LogP contribution < -0.4 is 15.4 Å². The Morgan fingerprint density at radius 1 is 0.960 bits per heavy atom. The summed E-state index contributed by atoms with van der Waals surface area (Å²) in [6.07, 6.45) is 0.365. The minimum absolute atomic E-state index is 0.0150. The first kappa shape index (κ1) is 18.4. The Morgan fingerprint density at radius 2 is 1.64 bits per heavy atom. The number of carbonyl (C=O) groups is 2. The molecule has 2 rings (SSSR count). The number of ether oxygens (including phenoxy) is 1. The molecule has 0 spiro atoms. The quantitative estimate of drug-likeness (QED) is 0.771. The minimum atomic E-state index is -2.89. The van der Waals surface area contributed by atoms with Crippen LogP contribution in [0.5, 0.6) is 5.75 Å². The van der Waals surface area contributed by atoms with Crippen molar-refractivity contribution in [2.75, 3.05) is 11.9 Å². The van der Waals surface area contributed by atoms with Gasteiger partial charge in [-0.15, -0.1) is 0 Å². The molecule has 0 aliphatic heterocycles. The molecule has 2 aromatic rings. The highest BCUT2D eigenvalue weighted by molar-refractivity contribution is 5.91. The largest absolute Gasteiger partial charge is 0.435 e. The molecule has 0 atom stereocenters. The van der Waals surface area contributed by atoms with Gasteiger partial charge in [0.25, 0.3) is 0 Å². The van der Waals surface area contributed by atoms with Crippen LogP contribution in [0.1, 0.15) is 12.0 Å². The predicted octanol–water partition coefficient (Wildman–Crippen LogP) is 2.98. The standard InChI is InChI=1S/C18H18F2N2O3/c19-18(20)25-15-8-6-14(7-9-15)22-16(23)10-11-21-17(24)12-13-4-2-1-3-5-13/h1-9,18H,10-12H2,(H,21,24)(H,22,23). The van der Waals surface area contributed by atoms with Crippen LogP contribution in [-0.2, 0) is 16.0 Å². The number of hydrogen-bond acceptors (Lipinski definition) is 3. The molecular formula is C18H18F2N2O3. The average molecular weight is 348 g/mol. The monoisotopic (exact) mass is 348 g/mol. The molecule has 0 saturated carbocycles. The van der Waals surface area contributed by atoms with Gasteiger partial charge in [-0.3, -0.25) is 9.59 Å². The zero-order valence-electron chi connectivity index (χ0n) is 13.4. The first-order valence-corrected chi connectivity index (χ1v) is 7.68. The Labute approximate surface area is 144 Å². The van der Waals surface area contributed by atoms with Crippen LogP contribution in [0.2, 0.25) is 0 Å². The number of benzene rings is 2. The fraction of sp³-hybridized carbons (Fsp3) is 0.222. The predicted molar refractivity (Wildman–Crippen MR) is 89.5 cm³/mol. The first-order chi connectivity index (χ1) is 12.0. The third-order valence-corrected chi connectivity index (χ3v) is 3.24. The molecule has 2 N–H and O–H groups in total. The number of halogens is 2. The van der Waals surface area contributed by atoms with E-state index in [9.17, 15) is 18.4 Å². The summed E-state index contributed by atoms with van der Waals surface area (Å²) in [5.74, 6) is -0.434. The third-order valence-electron chi connectivity index (χ3n) is 3.24. The number of alkyl halides is 2. The van der Waals surface area contributed by atoms with E-state index < -0.39 is 6.61 Å². The van der Waals surface area contributed by atoms with Gasteiger partial charge < -0.3 is 15.4 Å². The van der Waals surface area contributed by atoms with E-state index >= 15 is 0 Å². The molecule has 0 aliphatic carbocycles. The van der Waals surface area contributed by atoms with Gasteiger partial charge in [0, 0.05) is 18.7 Å². The first-order valence-electron chi connectivity index (χ1n) is 7.68. The zero-order chi connectivity index (χ0) is 18.1. The summed E-state index contributed by atoms with van der Waals surface area (Å²) in [7, 11) is 0. The number of nitrogens with one attached hydrogen (secondary N) is 2. The third kappa shape index (κ3) is 6.99. The molecule has 0 radical (unpaired) electrons. The van der Waals surface area contributed by atoms with Gasteiger partial charge in [-0.25, -0.2) is 0 Å². The van der Waals surface area contributed by atoms with Crippen molar-refractivity contribution in [2.24, 2.45) is 0 Å². The highest BCUT2D eigenvalue weighted by Crippen LogP contribution is 2.17. The second-order valence-corrected chi connectivity index (χ2v) is 5.21. The molecule has 0 bridgehead atoms. The van der Waals surface area contributed by atoms with Gasteiger partial charge >= 0.3 is 6.61 Å². The molecule has 7 heteroatoms. The summed E-state index contributed by atoms with van der Waals surface area (Å²) in [5.41, 5.74) is 1.36. The van der Waals surface area contributed by atoms with E-state index in [1.165, 1.54) is 24.3 Å². The maximum Gasteiger partial charge on any atom is 0.387 e. The lowest BCUT2D eigenvalue weighted by molar-refractivity contribution is -0.120. The van der Waals surface area contributed by atoms with Crippen molar-refractivity contribution in [1.82, 2.24) is 5.32 Å². The number of amides is 2. The summed E-state index contributed by atoms with van der Waals surface area (Å²) < 4.78 is 28.3. The number of rotatable bonds is 8. The van der Waals surface area contributed by atoms with Crippen LogP contribution in [0.4, 0.5) is 14.5 Å². The second-order valence-electron chi connectivity index (χ2n) is 5.21. The highest BCUT2D eigenvalue weighted by atomic mass is 19.3. The molecule has 5 nitrogen and oxygen atoms in total. The number of anilines is 1. The van der Waals surface area contributed by atoms with Crippen molar-refractivity contribution in [1.29, 1.82) is 0 Å². The zero-order valence-corrected chi connectivity index (χ0v) is 13.4. The van der Waals surface area contributed by atoms with Crippen molar-refractivity contribution < 1.29 is 23.1 Å². The smallest absolute Gasteiger partial charge is 0.387 e. The van der Waals surface area contributed by atoms with Gasteiger partial charge in [0.05, 0.1) is 6.42 Å². The maximum absolute atomic E-state index is 12.0. The lowest BCUT2D eigenvalue weighted by atomic mass is 10.1. The Bertz CT molecular complexity index is 691. The molecule has 2 aromatic carbocycles. The Kier molecular flexibility index (Phi) is 6.88. The number of hydrogen-bond donors (Lipinski definition) is 2. The van der Waals surface area contributed by atoms with E-state index in [0.29, 0.717) is 5.69 Å². The van der Waals surface area contributed by atoms with Crippen molar-refractivity contribution in [3.63, 3.8) is 0 Å². The van der Waals surface area contributed by atoms with Crippen molar-refractivity contribution in [2.45, 2.75) is 19.5 Å². The van der Waals surface area contributed by atoms with Gasteiger partial charge in [0.2, 0.25) is 11.8 Å². The molecule has 25 heavy (non-hydrogen) atoms. The van der Waals surface area contributed by atoms with Crippen LogP contribution in [-0.4, -0.2) is 25.0 Å². The molecule has 132 valence electrons. The molecule has 0 aliphatic rings. The van der Waals surface area contributed by atoms with Crippen LogP contribution in [0.25, 0.3) is 0 Å². The summed E-state index contributed by atoms with van der Waals surface area (Å²) in [6.45, 7) is -2.68. The van der Waals surface area contributed by atoms with E-state index in [2.05, 4.69) is 15.4 Å². The van der Waals surface area contributed by atoms with Crippen LogP contribution in [0, 0.1) is 0 Å². The maximum atomic E-state index is 12.0. The summed E-state index contributed by atoms with van der Waals surface area (Å²) >= 11 is 0. The SMILES string of the molecule is O=C(Cc1ccccc1)NCCC(=O)Nc1ccc(OC(F)F)cc1. The van der Waals surface area contributed by atoms with Gasteiger partial charge in [0.1, 0.15) is 5.75 Å². The van der Waals surface area contributed by atoms with Gasteiger partial charge in [-0.2, -0.15) is 8.78 Å². The Balaban J connectivity index is 1.69. The molecular weight excluding hydrogens is 330 g/mol. The van der Waals surface area contributed by atoms with Crippen LogP contribution >= 0.6 is 0 Å². The number of carbonyl (C=O) groups excluding carboxylic acids is 2. The second kappa shape index (κ2) is 9.36. The molecule has 0 aromatic heterocycles. The van der Waals surface area contributed by atoms with Crippen LogP contribution in [0.3, 0.4) is 0 Å². The average Bonchev–Trinajstić information content (AvgIpc) is 2.57. The topological polar surface area (TPSA) is 67.4 Å². The molecule has 0 fully saturated rings. The fourth-order valence-electron chi connectivity index (χ4n) is 2.10. The summed E-state index contributed by atoms with van der Waals surface area (Å²) in [6, 6.07) is 14.9. The van der Waals surface area contributed by atoms with Crippen molar-refractivity contribution in [3.05, 3.63) is 60.2 Å². The summed E-state index contributed by atoms with van der Waals surface area (Å²) in [4.78, 5) is 23.6. The van der Waals surface area contributed by atoms with E-state index in [1.807, 2.05) is 30.3 Å². The minimum Gasteiger partial charge on any atom is -0.435 e. The van der Waals surface area contributed by atoms with Crippen LogP contribution in [0.15, 0.2) is 54.6 Å². The van der Waals surface area contributed by atoms with E-state index in [1.54, 1.807) is 0 Å². The van der Waals surface area contributed by atoms with Gasteiger partial charge in [-0.1, -0.05) is 30.3 Å². The van der Waals surface area contributed by atoms with Crippen molar-refractivity contribution >= 4 is 17.5 Å². The Hall–Kier alpha value is -2.96. The lowest BCUT2D eigenvalue weighted by Gasteiger charge is -2.08. The molecule has 2 amide bonds. The molecule has 0 heterocycles. The van der Waals surface area contributed by atoms with Gasteiger partial charge in [0.15, 0.2) is 0 Å². The Morgan fingerprint density at radius 3 is 2.28 bits per heavy atom. The highest BCUT2D eigenvalue weighted by Gasteiger charge is 2.07. The molecule has 0 saturated heterocycles. The van der Waals surface area contributed by atoms with E-state index in [0.717, 1.165) is 5.56 Å². The molecule has 0 unspecified atom stereocenters. The van der Waals surface area contributed by atoms with Crippen molar-refractivity contribution in [3.8, 4) is 5.75 Å². The summed E-state index contributed by atoms with van der Waals surface area (Å²) in [5, 5.41) is 5.29. The lowest BCUT2D eigenvalue weighted by Crippen LogP contribution is -2.28. The fourth-order valence-corrected chi connectivity index (χ4v) is 2.10. The normalized spacial score (nSPS) is 10.4. The van der Waals surface area contributed by atoms with E-state index in [4.69, 9.17) is 0 Å².